The molecular weight excluding hydrogens is 700 g/mol. The SMILES string of the molecule is C=CC(=O)OCCCCOCC(COc1ccc(OC(=O)c2ccc(C(=O)Oc3ccc(OCOC(=O)C=C)c(C)c3)c(C)c2C)cc1C)OC(=O)C=C. The minimum absolute atomic E-state index is 0.0158. The molecule has 0 aromatic heterocycles. The lowest BCUT2D eigenvalue weighted by Crippen LogP contribution is -2.29. The van der Waals surface area contributed by atoms with Crippen LogP contribution in [0.5, 0.6) is 23.0 Å². The van der Waals surface area contributed by atoms with Crippen LogP contribution in [0.15, 0.2) is 86.5 Å². The Morgan fingerprint density at radius 1 is 0.611 bits per heavy atom. The van der Waals surface area contributed by atoms with E-state index in [1.807, 2.05) is 0 Å². The van der Waals surface area contributed by atoms with Crippen LogP contribution in [-0.4, -0.2) is 69.2 Å². The van der Waals surface area contributed by atoms with Gasteiger partial charge in [-0.2, -0.15) is 0 Å². The zero-order valence-corrected chi connectivity index (χ0v) is 30.8. The first kappa shape index (κ1) is 42.2. The monoisotopic (exact) mass is 744 g/mol. The number of hydrogen-bond donors (Lipinski definition) is 0. The predicted octanol–water partition coefficient (Wildman–Crippen LogP) is 6.43. The number of carbonyl (C=O) groups is 5. The summed E-state index contributed by atoms with van der Waals surface area (Å²) in [5, 5.41) is 0. The fourth-order valence-electron chi connectivity index (χ4n) is 4.76. The number of aryl methyl sites for hydroxylation is 2. The van der Waals surface area contributed by atoms with Crippen molar-refractivity contribution in [2.75, 3.05) is 33.2 Å². The normalized spacial score (nSPS) is 11.0. The van der Waals surface area contributed by atoms with Crippen LogP contribution in [0.3, 0.4) is 0 Å². The Morgan fingerprint density at radius 3 is 1.63 bits per heavy atom. The molecular formula is C41H44O13. The summed E-state index contributed by atoms with van der Waals surface area (Å²) in [5.74, 6) is -1.52. The van der Waals surface area contributed by atoms with Crippen molar-refractivity contribution in [1.82, 2.24) is 0 Å². The Hall–Kier alpha value is -6.21. The molecule has 1 atom stereocenters. The molecule has 0 heterocycles. The van der Waals surface area contributed by atoms with Crippen molar-refractivity contribution < 1.29 is 61.9 Å². The first-order valence-electron chi connectivity index (χ1n) is 16.9. The van der Waals surface area contributed by atoms with Gasteiger partial charge in [-0.05, 0) is 111 Å². The molecule has 0 spiro atoms. The van der Waals surface area contributed by atoms with E-state index in [0.29, 0.717) is 53.2 Å². The molecule has 3 aromatic carbocycles. The van der Waals surface area contributed by atoms with Gasteiger partial charge in [-0.15, -0.1) is 0 Å². The van der Waals surface area contributed by atoms with Crippen molar-refractivity contribution in [2.24, 2.45) is 0 Å². The van der Waals surface area contributed by atoms with Crippen molar-refractivity contribution in [3.05, 3.63) is 120 Å². The summed E-state index contributed by atoms with van der Waals surface area (Å²) < 4.78 is 43.3. The molecule has 0 amide bonds. The van der Waals surface area contributed by atoms with Crippen molar-refractivity contribution in [1.29, 1.82) is 0 Å². The van der Waals surface area contributed by atoms with E-state index >= 15 is 0 Å². The summed E-state index contributed by atoms with van der Waals surface area (Å²) in [6, 6.07) is 12.6. The molecule has 3 aromatic rings. The summed E-state index contributed by atoms with van der Waals surface area (Å²) in [7, 11) is 0. The van der Waals surface area contributed by atoms with Crippen LogP contribution in [0.25, 0.3) is 0 Å². The highest BCUT2D eigenvalue weighted by Crippen LogP contribution is 2.28. The van der Waals surface area contributed by atoms with E-state index in [1.165, 1.54) is 12.1 Å². The molecule has 0 aliphatic rings. The number of rotatable bonds is 21. The fraction of sp³-hybridized carbons (Fsp3) is 0.293. The molecule has 0 saturated heterocycles. The molecule has 13 nitrogen and oxygen atoms in total. The third kappa shape index (κ3) is 13.1. The molecule has 0 aliphatic carbocycles. The average molecular weight is 745 g/mol. The van der Waals surface area contributed by atoms with Gasteiger partial charge in [0, 0.05) is 24.8 Å². The van der Waals surface area contributed by atoms with Gasteiger partial charge >= 0.3 is 29.8 Å². The van der Waals surface area contributed by atoms with E-state index in [-0.39, 0.29) is 49.2 Å². The van der Waals surface area contributed by atoms with E-state index in [2.05, 4.69) is 19.7 Å². The number of ether oxygens (including phenoxy) is 8. The summed E-state index contributed by atoms with van der Waals surface area (Å²) in [4.78, 5) is 60.5. The molecule has 0 aliphatic heterocycles. The number of benzene rings is 3. The summed E-state index contributed by atoms with van der Waals surface area (Å²) in [6.45, 7) is 17.4. The van der Waals surface area contributed by atoms with Crippen molar-refractivity contribution in [3.8, 4) is 23.0 Å². The highest BCUT2D eigenvalue weighted by atomic mass is 16.7. The Bertz CT molecular complexity index is 1860. The predicted molar refractivity (Wildman–Crippen MR) is 197 cm³/mol. The fourth-order valence-corrected chi connectivity index (χ4v) is 4.76. The largest absolute Gasteiger partial charge is 0.489 e. The van der Waals surface area contributed by atoms with Gasteiger partial charge in [0.05, 0.1) is 24.3 Å². The maximum absolute atomic E-state index is 13.2. The van der Waals surface area contributed by atoms with Crippen LogP contribution >= 0.6 is 0 Å². The molecule has 13 heteroatoms. The highest BCUT2D eigenvalue weighted by molar-refractivity contribution is 5.97. The standard InChI is InChI=1S/C41H44O13/c1-8-37(42)48-20-12-11-19-47-23-32(52-39(44)10-3)24-49-35-17-13-30(21-26(35)4)53-40(45)33-15-16-34(29(7)28(33)6)41(46)54-31-14-18-36(27(5)22-31)50-25-51-38(43)9-2/h8-10,13-18,21-22,32H,1-3,11-12,19-20,23-25H2,4-7H3. The lowest BCUT2D eigenvalue weighted by atomic mass is 9.98. The van der Waals surface area contributed by atoms with Gasteiger partial charge in [0.1, 0.15) is 29.6 Å². The first-order chi connectivity index (χ1) is 25.9. The van der Waals surface area contributed by atoms with Gasteiger partial charge in [0.25, 0.3) is 0 Å². The second-order valence-corrected chi connectivity index (χ2v) is 11.7. The molecule has 286 valence electrons. The van der Waals surface area contributed by atoms with Crippen LogP contribution in [0.1, 0.15) is 55.8 Å². The Morgan fingerprint density at radius 2 is 1.11 bits per heavy atom. The van der Waals surface area contributed by atoms with Gasteiger partial charge in [0.15, 0.2) is 6.10 Å². The van der Waals surface area contributed by atoms with E-state index in [4.69, 9.17) is 37.9 Å². The number of esters is 5. The van der Waals surface area contributed by atoms with Crippen molar-refractivity contribution in [3.63, 3.8) is 0 Å². The molecule has 0 bridgehead atoms. The Labute approximate surface area is 314 Å². The summed E-state index contributed by atoms with van der Waals surface area (Å²) in [5.41, 5.74) is 2.92. The Balaban J connectivity index is 1.57. The molecule has 1 unspecified atom stereocenters. The third-order valence-electron chi connectivity index (χ3n) is 7.80. The highest BCUT2D eigenvalue weighted by Gasteiger charge is 2.21. The second-order valence-electron chi connectivity index (χ2n) is 11.7. The number of hydrogen-bond acceptors (Lipinski definition) is 13. The minimum atomic E-state index is -0.733. The van der Waals surface area contributed by atoms with Gasteiger partial charge < -0.3 is 37.9 Å². The molecule has 0 radical (unpaired) electrons. The van der Waals surface area contributed by atoms with Crippen LogP contribution < -0.4 is 18.9 Å². The van der Waals surface area contributed by atoms with E-state index in [0.717, 1.165) is 18.2 Å². The van der Waals surface area contributed by atoms with Gasteiger partial charge in [0.2, 0.25) is 6.79 Å². The van der Waals surface area contributed by atoms with Crippen LogP contribution in [-0.2, 0) is 33.3 Å². The summed E-state index contributed by atoms with van der Waals surface area (Å²) in [6.07, 6.45) is 3.65. The third-order valence-corrected chi connectivity index (χ3v) is 7.80. The maximum Gasteiger partial charge on any atom is 0.343 e. The quantitative estimate of drug-likeness (QED) is 0.0294. The molecule has 54 heavy (non-hydrogen) atoms. The Kier molecular flexibility index (Phi) is 16.7. The van der Waals surface area contributed by atoms with E-state index < -0.39 is 36.0 Å². The van der Waals surface area contributed by atoms with Gasteiger partial charge in [-0.1, -0.05) is 19.7 Å². The molecule has 0 saturated carbocycles. The van der Waals surface area contributed by atoms with E-state index in [1.54, 1.807) is 64.1 Å². The summed E-state index contributed by atoms with van der Waals surface area (Å²) >= 11 is 0. The molecule has 0 fully saturated rings. The second kappa shape index (κ2) is 21.3. The van der Waals surface area contributed by atoms with Crippen LogP contribution in [0.4, 0.5) is 0 Å². The minimum Gasteiger partial charge on any atom is -0.489 e. The molecule has 0 N–H and O–H groups in total. The molecule has 3 rings (SSSR count). The van der Waals surface area contributed by atoms with Crippen LogP contribution in [0.2, 0.25) is 0 Å². The zero-order valence-electron chi connectivity index (χ0n) is 30.8. The first-order valence-corrected chi connectivity index (χ1v) is 16.9. The van der Waals surface area contributed by atoms with Gasteiger partial charge in [-0.3, -0.25) is 0 Å². The lowest BCUT2D eigenvalue weighted by Gasteiger charge is -2.19. The number of unbranched alkanes of at least 4 members (excludes halogenated alkanes) is 1. The van der Waals surface area contributed by atoms with E-state index in [9.17, 15) is 24.0 Å². The van der Waals surface area contributed by atoms with Crippen LogP contribution in [0, 0.1) is 27.7 Å². The van der Waals surface area contributed by atoms with Crippen molar-refractivity contribution in [2.45, 2.75) is 46.6 Å². The average Bonchev–Trinajstić information content (AvgIpc) is 3.15. The van der Waals surface area contributed by atoms with Crippen molar-refractivity contribution >= 4 is 29.8 Å². The maximum atomic E-state index is 13.2. The van der Waals surface area contributed by atoms with Gasteiger partial charge in [-0.25, -0.2) is 24.0 Å². The lowest BCUT2D eigenvalue weighted by molar-refractivity contribution is -0.148. The smallest absolute Gasteiger partial charge is 0.343 e. The number of carbonyl (C=O) groups excluding carboxylic acids is 5. The zero-order chi connectivity index (χ0) is 39.6. The topological polar surface area (TPSA) is 159 Å².